The van der Waals surface area contributed by atoms with Gasteiger partial charge in [-0.05, 0) is 32.9 Å². The van der Waals surface area contributed by atoms with E-state index in [9.17, 15) is 9.59 Å². The van der Waals surface area contributed by atoms with Gasteiger partial charge in [-0.3, -0.25) is 9.59 Å². The lowest BCUT2D eigenvalue weighted by Crippen LogP contribution is -2.56. The number of aryl methyl sites for hydroxylation is 1. The van der Waals surface area contributed by atoms with E-state index in [0.717, 1.165) is 12.2 Å². The molecule has 6 heteroatoms. The van der Waals surface area contributed by atoms with Crippen molar-refractivity contribution >= 4 is 18.3 Å². The van der Waals surface area contributed by atoms with Gasteiger partial charge in [-0.25, -0.2) is 0 Å². The minimum atomic E-state index is -0.307. The van der Waals surface area contributed by atoms with Crippen molar-refractivity contribution in [3.63, 3.8) is 0 Å². The van der Waals surface area contributed by atoms with Crippen LogP contribution in [0.4, 0.5) is 0 Å². The van der Waals surface area contributed by atoms with Crippen molar-refractivity contribution < 1.29 is 4.79 Å². The minimum Gasteiger partial charge on any atom is -0.333 e. The van der Waals surface area contributed by atoms with Gasteiger partial charge in [0.2, 0.25) is 0 Å². The minimum absolute atomic E-state index is 0. The van der Waals surface area contributed by atoms with Gasteiger partial charge in [0, 0.05) is 30.9 Å². The summed E-state index contributed by atoms with van der Waals surface area (Å²) in [5, 5.41) is 3.31. The van der Waals surface area contributed by atoms with Gasteiger partial charge >= 0.3 is 0 Å². The molecule has 1 aliphatic heterocycles. The Labute approximate surface area is 118 Å². The van der Waals surface area contributed by atoms with Crippen LogP contribution in [-0.2, 0) is 0 Å². The van der Waals surface area contributed by atoms with E-state index in [0.29, 0.717) is 6.54 Å². The highest BCUT2D eigenvalue weighted by molar-refractivity contribution is 5.94. The van der Waals surface area contributed by atoms with Crippen molar-refractivity contribution in [3.8, 4) is 0 Å². The van der Waals surface area contributed by atoms with Crippen molar-refractivity contribution in [2.45, 2.75) is 32.9 Å². The molecule has 0 saturated carbocycles. The van der Waals surface area contributed by atoms with Gasteiger partial charge in [-0.1, -0.05) is 0 Å². The highest BCUT2D eigenvalue weighted by Gasteiger charge is 2.28. The maximum absolute atomic E-state index is 12.4. The molecule has 1 aliphatic rings. The second-order valence-corrected chi connectivity index (χ2v) is 5.00. The molecular weight excluding hydrogens is 266 g/mol. The third kappa shape index (κ3) is 3.36. The Bertz CT molecular complexity index is 515. The van der Waals surface area contributed by atoms with Crippen molar-refractivity contribution in [1.29, 1.82) is 0 Å². The quantitative estimate of drug-likeness (QED) is 0.807. The smallest absolute Gasteiger partial charge is 0.260 e. The molecule has 2 atom stereocenters. The fourth-order valence-corrected chi connectivity index (χ4v) is 2.20. The van der Waals surface area contributed by atoms with E-state index in [1.165, 1.54) is 0 Å². The Morgan fingerprint density at radius 2 is 2.05 bits per heavy atom. The number of aromatic amines is 1. The van der Waals surface area contributed by atoms with E-state index in [4.69, 9.17) is 0 Å². The molecule has 5 nitrogen and oxygen atoms in total. The first-order valence-electron chi connectivity index (χ1n) is 6.23. The number of rotatable bonds is 1. The molecule has 2 heterocycles. The normalized spacial score (nSPS) is 22.8. The summed E-state index contributed by atoms with van der Waals surface area (Å²) in [5.74, 6) is -0.183. The van der Waals surface area contributed by atoms with Gasteiger partial charge in [0.15, 0.2) is 0 Å². The number of H-pyrrole nitrogens is 1. The van der Waals surface area contributed by atoms with Crippen molar-refractivity contribution in [2.75, 3.05) is 13.1 Å². The number of pyridine rings is 1. The molecule has 0 spiro atoms. The number of hydrogen-bond donors (Lipinski definition) is 2. The summed E-state index contributed by atoms with van der Waals surface area (Å²) in [7, 11) is 0. The van der Waals surface area contributed by atoms with Crippen LogP contribution in [0, 0.1) is 6.92 Å². The van der Waals surface area contributed by atoms with Crippen molar-refractivity contribution in [3.05, 3.63) is 33.7 Å². The zero-order valence-corrected chi connectivity index (χ0v) is 12.2. The van der Waals surface area contributed by atoms with E-state index < -0.39 is 0 Å². The first-order valence-corrected chi connectivity index (χ1v) is 6.23. The molecule has 2 unspecified atom stereocenters. The average molecular weight is 286 g/mol. The van der Waals surface area contributed by atoms with Crippen molar-refractivity contribution in [2.24, 2.45) is 0 Å². The zero-order valence-electron chi connectivity index (χ0n) is 11.4. The Morgan fingerprint density at radius 1 is 1.37 bits per heavy atom. The number of nitrogens with zero attached hydrogens (tertiary/aromatic N) is 1. The van der Waals surface area contributed by atoms with Crippen LogP contribution in [0.1, 0.15) is 29.9 Å². The molecule has 0 radical (unpaired) electrons. The number of amides is 1. The van der Waals surface area contributed by atoms with Crippen molar-refractivity contribution in [1.82, 2.24) is 15.2 Å². The van der Waals surface area contributed by atoms with Crippen LogP contribution in [0.15, 0.2) is 16.9 Å². The van der Waals surface area contributed by atoms with Crippen LogP contribution in [0.25, 0.3) is 0 Å². The van der Waals surface area contributed by atoms with Crippen LogP contribution in [-0.4, -0.2) is 41.0 Å². The Kier molecular flexibility index (Phi) is 5.14. The molecular formula is C13H20ClN3O2. The summed E-state index contributed by atoms with van der Waals surface area (Å²) in [6, 6.07) is 3.73. The lowest BCUT2D eigenvalue weighted by molar-refractivity contribution is 0.0614. The monoisotopic (exact) mass is 285 g/mol. The summed E-state index contributed by atoms with van der Waals surface area (Å²) >= 11 is 0. The second-order valence-electron chi connectivity index (χ2n) is 5.00. The van der Waals surface area contributed by atoms with Crippen LogP contribution in [0.5, 0.6) is 0 Å². The predicted octanol–water partition coefficient (Wildman–Crippen LogP) is 0.928. The molecule has 2 rings (SSSR count). The molecule has 19 heavy (non-hydrogen) atoms. The average Bonchev–Trinajstić information content (AvgIpc) is 2.31. The highest BCUT2D eigenvalue weighted by atomic mass is 35.5. The van der Waals surface area contributed by atoms with Gasteiger partial charge in [-0.2, -0.15) is 0 Å². The van der Waals surface area contributed by atoms with Crippen LogP contribution < -0.4 is 10.9 Å². The lowest BCUT2D eigenvalue weighted by atomic mass is 10.1. The molecule has 0 aromatic carbocycles. The third-order valence-electron chi connectivity index (χ3n) is 3.31. The first-order chi connectivity index (χ1) is 8.49. The third-order valence-corrected chi connectivity index (χ3v) is 3.31. The largest absolute Gasteiger partial charge is 0.333 e. The van der Waals surface area contributed by atoms with E-state index in [1.54, 1.807) is 24.0 Å². The van der Waals surface area contributed by atoms with Gasteiger partial charge in [0.05, 0.1) is 0 Å². The number of carbonyl (C=O) groups excluding carboxylic acids is 1. The number of halogens is 1. The summed E-state index contributed by atoms with van der Waals surface area (Å²) in [4.78, 5) is 28.6. The first kappa shape index (κ1) is 15.7. The predicted molar refractivity (Wildman–Crippen MR) is 77.0 cm³/mol. The summed E-state index contributed by atoms with van der Waals surface area (Å²) < 4.78 is 0. The van der Waals surface area contributed by atoms with E-state index >= 15 is 0 Å². The molecule has 1 amide bonds. The zero-order chi connectivity index (χ0) is 13.3. The van der Waals surface area contributed by atoms with Gasteiger partial charge in [-0.15, -0.1) is 12.4 Å². The molecule has 0 bridgehead atoms. The Hall–Kier alpha value is -1.33. The molecule has 1 saturated heterocycles. The molecule has 2 N–H and O–H groups in total. The Morgan fingerprint density at radius 3 is 2.68 bits per heavy atom. The standard InChI is InChI=1S/C13H19N3O2.ClH/c1-8-4-5-11(12(17)15-8)13(18)16-7-9(2)14-6-10(16)3;/h4-5,9-10,14H,6-7H2,1-3H3,(H,15,17);1H. The number of carbonyl (C=O) groups is 1. The molecule has 1 aromatic rings. The summed E-state index contributed by atoms with van der Waals surface area (Å²) in [5.41, 5.74) is 0.679. The van der Waals surface area contributed by atoms with E-state index in [-0.39, 0.29) is 41.5 Å². The number of aromatic nitrogens is 1. The summed E-state index contributed by atoms with van der Waals surface area (Å²) in [6.07, 6.45) is 0. The number of hydrogen-bond acceptors (Lipinski definition) is 3. The maximum Gasteiger partial charge on any atom is 0.260 e. The van der Waals surface area contributed by atoms with E-state index in [2.05, 4.69) is 10.3 Å². The van der Waals surface area contributed by atoms with Gasteiger partial charge in [0.25, 0.3) is 11.5 Å². The Balaban J connectivity index is 0.00000180. The SMILES string of the molecule is Cc1ccc(C(=O)N2CC(C)NCC2C)c(=O)[nH]1.Cl. The van der Waals surface area contributed by atoms with Gasteiger partial charge in [0.1, 0.15) is 5.56 Å². The van der Waals surface area contributed by atoms with Crippen LogP contribution in [0.3, 0.4) is 0 Å². The molecule has 106 valence electrons. The molecule has 1 fully saturated rings. The summed E-state index contributed by atoms with van der Waals surface area (Å²) in [6.45, 7) is 7.21. The molecule has 0 aliphatic carbocycles. The maximum atomic E-state index is 12.4. The highest BCUT2D eigenvalue weighted by Crippen LogP contribution is 2.10. The number of nitrogens with one attached hydrogen (secondary N) is 2. The fraction of sp³-hybridized carbons (Fsp3) is 0.538. The lowest BCUT2D eigenvalue weighted by Gasteiger charge is -2.37. The van der Waals surface area contributed by atoms with E-state index in [1.807, 2.05) is 13.8 Å². The fourth-order valence-electron chi connectivity index (χ4n) is 2.20. The van der Waals surface area contributed by atoms with Crippen LogP contribution in [0.2, 0.25) is 0 Å². The second kappa shape index (κ2) is 6.21. The molecule has 1 aromatic heterocycles. The number of piperazine rings is 1. The van der Waals surface area contributed by atoms with Crippen LogP contribution >= 0.6 is 12.4 Å². The topological polar surface area (TPSA) is 65.2 Å². The van der Waals surface area contributed by atoms with Gasteiger partial charge < -0.3 is 15.2 Å².